The van der Waals surface area contributed by atoms with Crippen molar-refractivity contribution in [1.29, 1.82) is 5.26 Å². The number of amides is 1. The number of benzene rings is 2. The van der Waals surface area contributed by atoms with E-state index in [4.69, 9.17) is 5.26 Å². The quantitative estimate of drug-likeness (QED) is 0.843. The first-order valence-corrected chi connectivity index (χ1v) is 9.50. The minimum atomic E-state index is -3.72. The van der Waals surface area contributed by atoms with E-state index in [2.05, 4.69) is 16.1 Å². The maximum Gasteiger partial charge on any atom is 0.255 e. The van der Waals surface area contributed by atoms with Gasteiger partial charge in [0.1, 0.15) is 0 Å². The normalized spacial score (nSPS) is 11.6. The van der Waals surface area contributed by atoms with Crippen molar-refractivity contribution in [3.8, 4) is 6.07 Å². The minimum absolute atomic E-state index is 0.0319. The van der Waals surface area contributed by atoms with E-state index in [1.165, 1.54) is 18.2 Å². The summed E-state index contributed by atoms with van der Waals surface area (Å²) in [5, 5.41) is 11.4. The molecule has 7 heteroatoms. The van der Waals surface area contributed by atoms with Crippen LogP contribution in [0.15, 0.2) is 53.4 Å². The van der Waals surface area contributed by atoms with Crippen LogP contribution < -0.4 is 10.0 Å². The molecule has 0 unspecified atom stereocenters. The van der Waals surface area contributed by atoms with Gasteiger partial charge in [-0.1, -0.05) is 18.2 Å². The van der Waals surface area contributed by atoms with E-state index in [0.717, 1.165) is 5.56 Å². The zero-order valence-corrected chi connectivity index (χ0v) is 15.7. The van der Waals surface area contributed by atoms with Gasteiger partial charge in [0, 0.05) is 16.8 Å². The molecule has 0 aliphatic carbocycles. The molecule has 0 aromatic heterocycles. The summed E-state index contributed by atoms with van der Waals surface area (Å²) in [6.45, 7) is 5.24. The lowest BCUT2D eigenvalue weighted by Gasteiger charge is -2.20. The molecule has 0 radical (unpaired) electrons. The molecule has 0 saturated heterocycles. The van der Waals surface area contributed by atoms with Crippen molar-refractivity contribution in [2.75, 3.05) is 5.32 Å². The number of hydrogen-bond acceptors (Lipinski definition) is 4. The average molecular weight is 371 g/mol. The molecule has 2 N–H and O–H groups in total. The van der Waals surface area contributed by atoms with Gasteiger partial charge in [0.2, 0.25) is 10.0 Å². The number of carbonyl (C=O) groups excluding carboxylic acids is 1. The van der Waals surface area contributed by atoms with E-state index < -0.39 is 21.5 Å². The lowest BCUT2D eigenvalue weighted by Crippen LogP contribution is -2.40. The summed E-state index contributed by atoms with van der Waals surface area (Å²) >= 11 is 0. The Bertz CT molecular complexity index is 937. The number of sulfonamides is 1. The van der Waals surface area contributed by atoms with Crippen molar-refractivity contribution in [3.05, 3.63) is 59.7 Å². The molecule has 0 bridgehead atoms. The zero-order valence-electron chi connectivity index (χ0n) is 14.9. The van der Waals surface area contributed by atoms with Gasteiger partial charge in [-0.3, -0.25) is 4.79 Å². The standard InChI is InChI=1S/C19H21N3O3S/c1-19(2,3)22-26(24,25)17-6-4-5-15(13-17)18(23)21-16-9-7-14(8-10-16)11-12-20/h4-10,13,22H,11H2,1-3H3,(H,21,23). The molecule has 0 spiro atoms. The van der Waals surface area contributed by atoms with E-state index in [0.29, 0.717) is 12.1 Å². The topological polar surface area (TPSA) is 99.1 Å². The van der Waals surface area contributed by atoms with Crippen molar-refractivity contribution in [2.45, 2.75) is 37.6 Å². The third-order valence-electron chi connectivity index (χ3n) is 3.34. The van der Waals surface area contributed by atoms with Crippen molar-refractivity contribution in [1.82, 2.24) is 4.72 Å². The molecule has 0 atom stereocenters. The monoisotopic (exact) mass is 371 g/mol. The van der Waals surface area contributed by atoms with Crippen molar-refractivity contribution in [2.24, 2.45) is 0 Å². The number of nitriles is 1. The summed E-state index contributed by atoms with van der Waals surface area (Å²) in [5.74, 6) is -0.411. The number of anilines is 1. The van der Waals surface area contributed by atoms with E-state index in [1.807, 2.05) is 0 Å². The van der Waals surface area contributed by atoms with Crippen molar-refractivity contribution in [3.63, 3.8) is 0 Å². The number of carbonyl (C=O) groups is 1. The van der Waals surface area contributed by atoms with Gasteiger partial charge in [-0.05, 0) is 56.7 Å². The Morgan fingerprint density at radius 2 is 1.77 bits per heavy atom. The fourth-order valence-corrected chi connectivity index (χ4v) is 3.73. The first-order valence-electron chi connectivity index (χ1n) is 8.02. The molecular formula is C19H21N3O3S. The van der Waals surface area contributed by atoms with E-state index in [9.17, 15) is 13.2 Å². The predicted octanol–water partition coefficient (Wildman–Crippen LogP) is 3.08. The molecule has 0 aliphatic heterocycles. The number of nitrogens with one attached hydrogen (secondary N) is 2. The Hall–Kier alpha value is -2.69. The van der Waals surface area contributed by atoms with E-state index in [1.54, 1.807) is 51.1 Å². The first kappa shape index (κ1) is 19.6. The van der Waals surface area contributed by atoms with Gasteiger partial charge in [-0.25, -0.2) is 13.1 Å². The number of nitrogens with zero attached hydrogens (tertiary/aromatic N) is 1. The summed E-state index contributed by atoms with van der Waals surface area (Å²) in [5.41, 5.74) is 1.04. The van der Waals surface area contributed by atoms with Gasteiger partial charge in [-0.15, -0.1) is 0 Å². The Morgan fingerprint density at radius 1 is 1.12 bits per heavy atom. The second kappa shape index (κ2) is 7.68. The molecule has 0 fully saturated rings. The lowest BCUT2D eigenvalue weighted by atomic mass is 10.1. The smallest absolute Gasteiger partial charge is 0.255 e. The van der Waals surface area contributed by atoms with E-state index in [-0.39, 0.29) is 10.5 Å². The Balaban J connectivity index is 2.19. The van der Waals surface area contributed by atoms with Crippen molar-refractivity contribution < 1.29 is 13.2 Å². The van der Waals surface area contributed by atoms with Crippen LogP contribution in [0.3, 0.4) is 0 Å². The Kier molecular flexibility index (Phi) is 5.80. The molecule has 1 amide bonds. The second-order valence-corrected chi connectivity index (χ2v) is 8.55. The predicted molar refractivity (Wildman–Crippen MR) is 100 cm³/mol. The number of hydrogen-bond donors (Lipinski definition) is 2. The van der Waals surface area contributed by atoms with Gasteiger partial charge in [-0.2, -0.15) is 5.26 Å². The van der Waals surface area contributed by atoms with Crippen LogP contribution >= 0.6 is 0 Å². The average Bonchev–Trinajstić information content (AvgIpc) is 2.55. The third-order valence-corrected chi connectivity index (χ3v) is 5.10. The molecule has 136 valence electrons. The Labute approximate surface area is 153 Å². The van der Waals surface area contributed by atoms with Gasteiger partial charge < -0.3 is 5.32 Å². The van der Waals surface area contributed by atoms with Crippen LogP contribution in [0.5, 0.6) is 0 Å². The maximum atomic E-state index is 12.4. The summed E-state index contributed by atoms with van der Waals surface area (Å²) in [6.07, 6.45) is 0.301. The third kappa shape index (κ3) is 5.41. The number of rotatable bonds is 5. The molecule has 0 aliphatic rings. The minimum Gasteiger partial charge on any atom is -0.322 e. The largest absolute Gasteiger partial charge is 0.322 e. The van der Waals surface area contributed by atoms with Crippen LogP contribution in [0, 0.1) is 11.3 Å². The second-order valence-electron chi connectivity index (χ2n) is 6.87. The fraction of sp³-hybridized carbons (Fsp3) is 0.263. The highest BCUT2D eigenvalue weighted by Crippen LogP contribution is 2.16. The zero-order chi connectivity index (χ0) is 19.4. The van der Waals surface area contributed by atoms with Crippen LogP contribution in [0.2, 0.25) is 0 Å². The molecule has 6 nitrogen and oxygen atoms in total. The molecule has 0 saturated carbocycles. The van der Waals surface area contributed by atoms with Gasteiger partial charge in [0.05, 0.1) is 17.4 Å². The molecule has 2 rings (SSSR count). The molecule has 2 aromatic carbocycles. The molecule has 0 heterocycles. The molecule has 2 aromatic rings. The van der Waals surface area contributed by atoms with Crippen LogP contribution in [0.25, 0.3) is 0 Å². The molecular weight excluding hydrogens is 350 g/mol. The van der Waals surface area contributed by atoms with Crippen LogP contribution in [-0.4, -0.2) is 19.9 Å². The summed E-state index contributed by atoms with van der Waals surface area (Å²) < 4.78 is 27.4. The van der Waals surface area contributed by atoms with Crippen LogP contribution in [0.4, 0.5) is 5.69 Å². The van der Waals surface area contributed by atoms with Gasteiger partial charge >= 0.3 is 0 Å². The van der Waals surface area contributed by atoms with Gasteiger partial charge in [0.15, 0.2) is 0 Å². The van der Waals surface area contributed by atoms with Crippen LogP contribution in [0.1, 0.15) is 36.7 Å². The van der Waals surface area contributed by atoms with Crippen LogP contribution in [-0.2, 0) is 16.4 Å². The first-order chi connectivity index (χ1) is 12.1. The fourth-order valence-electron chi connectivity index (χ4n) is 2.27. The van der Waals surface area contributed by atoms with Gasteiger partial charge in [0.25, 0.3) is 5.91 Å². The maximum absolute atomic E-state index is 12.4. The highest BCUT2D eigenvalue weighted by atomic mass is 32.2. The summed E-state index contributed by atoms with van der Waals surface area (Å²) in [7, 11) is -3.72. The summed E-state index contributed by atoms with van der Waals surface area (Å²) in [4.78, 5) is 12.4. The Morgan fingerprint density at radius 3 is 2.35 bits per heavy atom. The highest BCUT2D eigenvalue weighted by Gasteiger charge is 2.22. The summed E-state index contributed by atoms with van der Waals surface area (Å²) in [6, 6.07) is 14.8. The van der Waals surface area contributed by atoms with E-state index >= 15 is 0 Å². The SMILES string of the molecule is CC(C)(C)NS(=O)(=O)c1cccc(C(=O)Nc2ccc(CC#N)cc2)c1. The molecule has 26 heavy (non-hydrogen) atoms. The lowest BCUT2D eigenvalue weighted by molar-refractivity contribution is 0.102. The highest BCUT2D eigenvalue weighted by molar-refractivity contribution is 7.89. The van der Waals surface area contributed by atoms with Crippen molar-refractivity contribution >= 4 is 21.6 Å².